The molecule has 0 saturated heterocycles. The van der Waals surface area contributed by atoms with E-state index in [0.717, 1.165) is 0 Å². The van der Waals surface area contributed by atoms with Crippen LogP contribution in [-0.2, 0) is 14.3 Å². The number of methoxy groups -OCH3 is 2. The number of hydrogen-bond donors (Lipinski definition) is 1. The summed E-state index contributed by atoms with van der Waals surface area (Å²) in [6.07, 6.45) is 2.45. The number of nitrogens with zero attached hydrogens (tertiary/aromatic N) is 2. The number of carbonyl (C=O) groups excluding carboxylic acids is 1. The number of rotatable bonds is 5. The second kappa shape index (κ2) is 5.53. The van der Waals surface area contributed by atoms with E-state index < -0.39 is 18.1 Å². The number of carbonyl (C=O) groups is 1. The Morgan fingerprint density at radius 2 is 1.75 bits per heavy atom. The van der Waals surface area contributed by atoms with E-state index in [4.69, 9.17) is 15.2 Å². The van der Waals surface area contributed by atoms with Crippen molar-refractivity contribution in [2.45, 2.75) is 19.1 Å². The SMILES string of the molecule is COC(OC)c1cnc(C(C)C(N)=O)cn1. The van der Waals surface area contributed by atoms with Gasteiger partial charge in [-0.3, -0.25) is 14.8 Å². The number of ether oxygens (including phenoxy) is 2. The van der Waals surface area contributed by atoms with E-state index in [1.807, 2.05) is 0 Å². The molecule has 1 aromatic heterocycles. The highest BCUT2D eigenvalue weighted by molar-refractivity contribution is 5.80. The van der Waals surface area contributed by atoms with Crippen molar-refractivity contribution in [3.63, 3.8) is 0 Å². The fraction of sp³-hybridized carbons (Fsp3) is 0.500. The van der Waals surface area contributed by atoms with E-state index in [0.29, 0.717) is 11.4 Å². The van der Waals surface area contributed by atoms with E-state index in [1.165, 1.54) is 26.6 Å². The molecule has 0 spiro atoms. The molecule has 1 amide bonds. The van der Waals surface area contributed by atoms with Gasteiger partial charge in [-0.1, -0.05) is 0 Å². The Kier molecular flexibility index (Phi) is 4.33. The molecule has 1 unspecified atom stereocenters. The van der Waals surface area contributed by atoms with Crippen LogP contribution in [0.15, 0.2) is 12.4 Å². The van der Waals surface area contributed by atoms with Crippen LogP contribution in [0.1, 0.15) is 30.5 Å². The lowest BCUT2D eigenvalue weighted by Crippen LogP contribution is -2.20. The van der Waals surface area contributed by atoms with E-state index in [9.17, 15) is 4.79 Å². The minimum Gasteiger partial charge on any atom is -0.369 e. The van der Waals surface area contributed by atoms with Crippen molar-refractivity contribution in [2.75, 3.05) is 14.2 Å². The smallest absolute Gasteiger partial charge is 0.226 e. The Balaban J connectivity index is 2.86. The van der Waals surface area contributed by atoms with E-state index in [1.54, 1.807) is 6.92 Å². The van der Waals surface area contributed by atoms with Crippen LogP contribution in [0.4, 0.5) is 0 Å². The lowest BCUT2D eigenvalue weighted by Gasteiger charge is -2.13. The summed E-state index contributed by atoms with van der Waals surface area (Å²) in [6.45, 7) is 1.68. The fourth-order valence-corrected chi connectivity index (χ4v) is 1.18. The maximum atomic E-state index is 10.9. The zero-order valence-electron chi connectivity index (χ0n) is 9.51. The molecule has 16 heavy (non-hydrogen) atoms. The first-order valence-electron chi connectivity index (χ1n) is 4.77. The average molecular weight is 225 g/mol. The topological polar surface area (TPSA) is 87.3 Å². The Morgan fingerprint density at radius 3 is 2.12 bits per heavy atom. The lowest BCUT2D eigenvalue weighted by molar-refractivity contribution is -0.119. The maximum absolute atomic E-state index is 10.9. The molecule has 88 valence electrons. The van der Waals surface area contributed by atoms with Crippen molar-refractivity contribution in [1.29, 1.82) is 0 Å². The first-order chi connectivity index (χ1) is 7.60. The van der Waals surface area contributed by atoms with Gasteiger partial charge >= 0.3 is 0 Å². The van der Waals surface area contributed by atoms with Gasteiger partial charge in [0, 0.05) is 20.4 Å². The van der Waals surface area contributed by atoms with Gasteiger partial charge in [0.2, 0.25) is 12.2 Å². The molecule has 1 heterocycles. The number of aromatic nitrogens is 2. The average Bonchev–Trinajstić information content (AvgIpc) is 2.30. The van der Waals surface area contributed by atoms with E-state index in [-0.39, 0.29) is 0 Å². The van der Waals surface area contributed by atoms with Gasteiger partial charge in [-0.15, -0.1) is 0 Å². The molecule has 1 rings (SSSR count). The minimum atomic E-state index is -0.551. The van der Waals surface area contributed by atoms with Crippen LogP contribution >= 0.6 is 0 Å². The predicted molar refractivity (Wildman–Crippen MR) is 56.4 cm³/mol. The highest BCUT2D eigenvalue weighted by Gasteiger charge is 2.16. The summed E-state index contributed by atoms with van der Waals surface area (Å²) in [6, 6.07) is 0. The molecule has 0 bridgehead atoms. The molecule has 1 aromatic rings. The maximum Gasteiger partial charge on any atom is 0.226 e. The zero-order valence-corrected chi connectivity index (χ0v) is 9.51. The Labute approximate surface area is 93.8 Å². The van der Waals surface area contributed by atoms with Gasteiger partial charge in [0.15, 0.2) is 0 Å². The molecule has 0 aliphatic heterocycles. The molecular weight excluding hydrogens is 210 g/mol. The van der Waals surface area contributed by atoms with Crippen LogP contribution in [0.2, 0.25) is 0 Å². The molecule has 0 fully saturated rings. The number of hydrogen-bond acceptors (Lipinski definition) is 5. The van der Waals surface area contributed by atoms with E-state index in [2.05, 4.69) is 9.97 Å². The van der Waals surface area contributed by atoms with Crippen LogP contribution in [0.3, 0.4) is 0 Å². The normalized spacial score (nSPS) is 12.8. The van der Waals surface area contributed by atoms with Crippen molar-refractivity contribution in [2.24, 2.45) is 5.73 Å². The summed E-state index contributed by atoms with van der Waals surface area (Å²) in [7, 11) is 3.02. The summed E-state index contributed by atoms with van der Waals surface area (Å²) in [5, 5.41) is 0. The van der Waals surface area contributed by atoms with Crippen molar-refractivity contribution in [3.8, 4) is 0 Å². The van der Waals surface area contributed by atoms with Crippen LogP contribution in [-0.4, -0.2) is 30.1 Å². The minimum absolute atomic E-state index is 0.433. The third-order valence-corrected chi connectivity index (χ3v) is 2.23. The molecule has 6 heteroatoms. The van der Waals surface area contributed by atoms with Gasteiger partial charge in [0.05, 0.1) is 17.8 Å². The number of primary amides is 1. The van der Waals surface area contributed by atoms with E-state index >= 15 is 0 Å². The highest BCUT2D eigenvalue weighted by atomic mass is 16.7. The second-order valence-corrected chi connectivity index (χ2v) is 3.29. The molecule has 6 nitrogen and oxygen atoms in total. The molecule has 0 saturated carbocycles. The first kappa shape index (κ1) is 12.5. The predicted octanol–water partition coefficient (Wildman–Crippen LogP) is 0.357. The first-order valence-corrected chi connectivity index (χ1v) is 4.77. The zero-order chi connectivity index (χ0) is 12.1. The fourth-order valence-electron chi connectivity index (χ4n) is 1.18. The number of nitrogens with two attached hydrogens (primary N) is 1. The van der Waals surface area contributed by atoms with Gasteiger partial charge in [-0.25, -0.2) is 0 Å². The summed E-state index contributed by atoms with van der Waals surface area (Å²) >= 11 is 0. The van der Waals surface area contributed by atoms with Crippen molar-refractivity contribution in [3.05, 3.63) is 23.8 Å². The third-order valence-electron chi connectivity index (χ3n) is 2.23. The van der Waals surface area contributed by atoms with Crippen LogP contribution in [0, 0.1) is 0 Å². The van der Waals surface area contributed by atoms with Crippen LogP contribution < -0.4 is 5.73 Å². The Morgan fingerprint density at radius 1 is 1.25 bits per heavy atom. The Hall–Kier alpha value is -1.53. The Bertz CT molecular complexity index is 349. The number of amides is 1. The largest absolute Gasteiger partial charge is 0.369 e. The monoisotopic (exact) mass is 225 g/mol. The summed E-state index contributed by atoms with van der Waals surface area (Å²) < 4.78 is 10.0. The van der Waals surface area contributed by atoms with Crippen molar-refractivity contribution >= 4 is 5.91 Å². The van der Waals surface area contributed by atoms with Crippen LogP contribution in [0.25, 0.3) is 0 Å². The highest BCUT2D eigenvalue weighted by Crippen LogP contribution is 2.16. The molecule has 0 radical (unpaired) electrons. The molecular formula is C10H15N3O3. The van der Waals surface area contributed by atoms with Gasteiger partial charge in [-0.05, 0) is 6.92 Å². The lowest BCUT2D eigenvalue weighted by atomic mass is 10.1. The molecule has 0 aromatic carbocycles. The molecule has 0 aliphatic carbocycles. The second-order valence-electron chi connectivity index (χ2n) is 3.29. The molecule has 0 aliphatic rings. The third kappa shape index (κ3) is 2.74. The van der Waals surface area contributed by atoms with Gasteiger partial charge in [0.1, 0.15) is 5.69 Å². The van der Waals surface area contributed by atoms with Gasteiger partial charge in [0.25, 0.3) is 0 Å². The summed E-state index contributed by atoms with van der Waals surface area (Å²) in [5.74, 6) is -0.887. The standard InChI is InChI=1S/C10H15N3O3/c1-6(9(11)14)7-4-13-8(5-12-7)10(15-2)16-3/h4-6,10H,1-3H3,(H2,11,14). The van der Waals surface area contributed by atoms with Crippen LogP contribution in [0.5, 0.6) is 0 Å². The molecule has 1 atom stereocenters. The summed E-state index contributed by atoms with van der Waals surface area (Å²) in [4.78, 5) is 19.1. The quantitative estimate of drug-likeness (QED) is 0.731. The van der Waals surface area contributed by atoms with Crippen molar-refractivity contribution < 1.29 is 14.3 Å². The molecule has 2 N–H and O–H groups in total. The van der Waals surface area contributed by atoms with Crippen molar-refractivity contribution in [1.82, 2.24) is 9.97 Å². The van der Waals surface area contributed by atoms with Gasteiger partial charge in [-0.2, -0.15) is 0 Å². The summed E-state index contributed by atoms with van der Waals surface area (Å²) in [5.41, 5.74) is 6.24. The van der Waals surface area contributed by atoms with Gasteiger partial charge < -0.3 is 15.2 Å².